The minimum atomic E-state index is -1.01. The van der Waals surface area contributed by atoms with E-state index in [1.807, 2.05) is 0 Å². The summed E-state index contributed by atoms with van der Waals surface area (Å²) in [6.45, 7) is 2.15. The van der Waals surface area contributed by atoms with E-state index in [-0.39, 0.29) is 36.8 Å². The summed E-state index contributed by atoms with van der Waals surface area (Å²) in [7, 11) is 0. The Labute approximate surface area is 166 Å². The lowest BCUT2D eigenvalue weighted by atomic mass is 10.1. The van der Waals surface area contributed by atoms with E-state index in [1.165, 1.54) is 12.1 Å². The topological polar surface area (TPSA) is 96.3 Å². The summed E-state index contributed by atoms with van der Waals surface area (Å²) in [5.74, 6) is -0.965. The summed E-state index contributed by atoms with van der Waals surface area (Å²) in [4.78, 5) is 39.7. The highest BCUT2D eigenvalue weighted by Gasteiger charge is 2.31. The maximum absolute atomic E-state index is 12.1. The van der Waals surface area contributed by atoms with Crippen LogP contribution >= 0.6 is 11.6 Å². The van der Waals surface area contributed by atoms with Crippen LogP contribution in [0.5, 0.6) is 5.75 Å². The van der Waals surface area contributed by atoms with Gasteiger partial charge in [0.15, 0.2) is 0 Å². The van der Waals surface area contributed by atoms with Gasteiger partial charge in [0.25, 0.3) is 5.91 Å². The number of nitrogens with zero attached hydrogens (tertiary/aromatic N) is 2. The molecular formula is C20H17ClN2O5. The first-order valence-electron chi connectivity index (χ1n) is 8.56. The molecule has 1 aliphatic heterocycles. The number of benzene rings is 2. The van der Waals surface area contributed by atoms with Crippen molar-refractivity contribution >= 4 is 35.2 Å². The number of carbonyl (C=O) groups is 3. The van der Waals surface area contributed by atoms with Gasteiger partial charge in [0.05, 0.1) is 10.6 Å². The Morgan fingerprint density at radius 3 is 2.61 bits per heavy atom. The standard InChI is InChI=1S/C20H17ClN2O5/c1-2-23-18(24)16(22-20(23)27)10-12-6-7-17(15(21)9-12)28-11-13-4-3-5-14(8-13)19(25)26/h3-9H,2,10-11H2,1H3,(H,25,26). The number of ether oxygens (including phenoxy) is 1. The van der Waals surface area contributed by atoms with E-state index in [4.69, 9.17) is 21.4 Å². The first-order chi connectivity index (χ1) is 13.4. The Kier molecular flexibility index (Phi) is 5.75. The van der Waals surface area contributed by atoms with Crippen molar-refractivity contribution in [3.8, 4) is 5.75 Å². The minimum Gasteiger partial charge on any atom is -0.487 e. The highest BCUT2D eigenvalue weighted by molar-refractivity contribution is 6.46. The van der Waals surface area contributed by atoms with Gasteiger partial charge >= 0.3 is 12.0 Å². The van der Waals surface area contributed by atoms with Crippen LogP contribution in [0.25, 0.3) is 0 Å². The second-order valence-corrected chi connectivity index (χ2v) is 6.53. The molecule has 7 nitrogen and oxygen atoms in total. The van der Waals surface area contributed by atoms with Crippen LogP contribution in [0.4, 0.5) is 4.79 Å². The summed E-state index contributed by atoms with van der Waals surface area (Å²) in [5.41, 5.74) is 1.79. The molecule has 8 heteroatoms. The van der Waals surface area contributed by atoms with Crippen LogP contribution in [0.3, 0.4) is 0 Å². The summed E-state index contributed by atoms with van der Waals surface area (Å²) in [6, 6.07) is 11.0. The van der Waals surface area contributed by atoms with Gasteiger partial charge in [-0.15, -0.1) is 0 Å². The number of urea groups is 1. The molecule has 0 spiro atoms. The van der Waals surface area contributed by atoms with Gasteiger partial charge in [-0.1, -0.05) is 29.8 Å². The molecule has 0 radical (unpaired) electrons. The van der Waals surface area contributed by atoms with Crippen molar-refractivity contribution < 1.29 is 24.2 Å². The van der Waals surface area contributed by atoms with Gasteiger partial charge < -0.3 is 9.84 Å². The van der Waals surface area contributed by atoms with Gasteiger partial charge in [-0.3, -0.25) is 9.69 Å². The summed E-state index contributed by atoms with van der Waals surface area (Å²) in [6.07, 6.45) is 0.196. The van der Waals surface area contributed by atoms with Crippen LogP contribution in [-0.2, 0) is 17.8 Å². The molecule has 1 heterocycles. The average molecular weight is 401 g/mol. The average Bonchev–Trinajstić information content (AvgIpc) is 2.94. The highest BCUT2D eigenvalue weighted by Crippen LogP contribution is 2.27. The van der Waals surface area contributed by atoms with Crippen molar-refractivity contribution in [1.82, 2.24) is 4.90 Å². The van der Waals surface area contributed by atoms with Crippen LogP contribution in [0.15, 0.2) is 47.5 Å². The number of halogens is 1. The van der Waals surface area contributed by atoms with E-state index in [9.17, 15) is 14.4 Å². The Balaban J connectivity index is 1.67. The molecule has 0 bridgehead atoms. The van der Waals surface area contributed by atoms with E-state index >= 15 is 0 Å². The van der Waals surface area contributed by atoms with Crippen molar-refractivity contribution in [2.45, 2.75) is 20.0 Å². The number of carboxylic acid groups (broad SMARTS) is 1. The molecule has 0 atom stereocenters. The number of carboxylic acids is 1. The fraction of sp³-hybridized carbons (Fsp3) is 0.200. The maximum atomic E-state index is 12.1. The first kappa shape index (κ1) is 19.6. The van der Waals surface area contributed by atoms with E-state index in [0.717, 1.165) is 10.5 Å². The highest BCUT2D eigenvalue weighted by atomic mass is 35.5. The SMILES string of the molecule is CCN1C(=O)N=C(Cc2ccc(OCc3cccc(C(=O)O)c3)c(Cl)c2)C1=O. The first-order valence-corrected chi connectivity index (χ1v) is 8.93. The van der Waals surface area contributed by atoms with Gasteiger partial charge in [0.1, 0.15) is 18.1 Å². The normalized spacial score (nSPS) is 13.6. The second-order valence-electron chi connectivity index (χ2n) is 6.13. The lowest BCUT2D eigenvalue weighted by molar-refractivity contribution is -0.120. The maximum Gasteiger partial charge on any atom is 0.350 e. The second kappa shape index (κ2) is 8.22. The zero-order valence-corrected chi connectivity index (χ0v) is 15.8. The molecule has 1 aliphatic rings. The van der Waals surface area contributed by atoms with Crippen molar-refractivity contribution in [3.63, 3.8) is 0 Å². The Hall–Kier alpha value is -3.19. The molecule has 0 aliphatic carbocycles. The van der Waals surface area contributed by atoms with Crippen molar-refractivity contribution in [2.75, 3.05) is 6.54 Å². The quantitative estimate of drug-likeness (QED) is 0.766. The molecule has 3 rings (SSSR count). The molecular weight excluding hydrogens is 384 g/mol. The van der Waals surface area contributed by atoms with Crippen LogP contribution in [0.1, 0.15) is 28.4 Å². The number of amides is 3. The lowest BCUT2D eigenvalue weighted by Gasteiger charge is -2.11. The number of hydrogen-bond donors (Lipinski definition) is 1. The number of aliphatic imine (C=N–C) groups is 1. The smallest absolute Gasteiger partial charge is 0.350 e. The van der Waals surface area contributed by atoms with Crippen LogP contribution in [0, 0.1) is 0 Å². The van der Waals surface area contributed by atoms with Crippen molar-refractivity contribution in [1.29, 1.82) is 0 Å². The molecule has 2 aromatic rings. The van der Waals surface area contributed by atoms with Crippen LogP contribution in [0.2, 0.25) is 5.02 Å². The Morgan fingerprint density at radius 2 is 1.96 bits per heavy atom. The predicted molar refractivity (Wildman–Crippen MR) is 103 cm³/mol. The molecule has 0 unspecified atom stereocenters. The van der Waals surface area contributed by atoms with Gasteiger partial charge in [-0.05, 0) is 42.3 Å². The zero-order valence-electron chi connectivity index (χ0n) is 15.0. The van der Waals surface area contributed by atoms with E-state index in [2.05, 4.69) is 4.99 Å². The fourth-order valence-electron chi connectivity index (χ4n) is 2.78. The molecule has 144 valence electrons. The lowest BCUT2D eigenvalue weighted by Crippen LogP contribution is -2.32. The fourth-order valence-corrected chi connectivity index (χ4v) is 3.04. The number of aromatic carboxylic acids is 1. The van der Waals surface area contributed by atoms with Crippen LogP contribution < -0.4 is 4.74 Å². The van der Waals surface area contributed by atoms with Gasteiger partial charge in [-0.25, -0.2) is 9.59 Å². The molecule has 0 saturated heterocycles. The minimum absolute atomic E-state index is 0.158. The van der Waals surface area contributed by atoms with E-state index in [1.54, 1.807) is 37.3 Å². The van der Waals surface area contributed by atoms with Crippen molar-refractivity contribution in [3.05, 3.63) is 64.2 Å². The molecule has 2 aromatic carbocycles. The molecule has 28 heavy (non-hydrogen) atoms. The van der Waals surface area contributed by atoms with Gasteiger partial charge in [0.2, 0.25) is 0 Å². The third kappa shape index (κ3) is 4.20. The predicted octanol–water partition coefficient (Wildman–Crippen LogP) is 3.58. The van der Waals surface area contributed by atoms with Crippen molar-refractivity contribution in [2.24, 2.45) is 4.99 Å². The third-order valence-electron chi connectivity index (χ3n) is 4.21. The van der Waals surface area contributed by atoms with Gasteiger partial charge in [0, 0.05) is 13.0 Å². The zero-order chi connectivity index (χ0) is 20.3. The number of hydrogen-bond acceptors (Lipinski definition) is 4. The van der Waals surface area contributed by atoms with Crippen LogP contribution in [-0.4, -0.2) is 40.2 Å². The molecule has 3 amide bonds. The molecule has 1 N–H and O–H groups in total. The number of carbonyl (C=O) groups excluding carboxylic acids is 2. The summed E-state index contributed by atoms with van der Waals surface area (Å²) in [5, 5.41) is 9.38. The number of rotatable bonds is 7. The summed E-state index contributed by atoms with van der Waals surface area (Å²) >= 11 is 6.26. The largest absolute Gasteiger partial charge is 0.487 e. The monoisotopic (exact) mass is 400 g/mol. The van der Waals surface area contributed by atoms with E-state index in [0.29, 0.717) is 16.3 Å². The third-order valence-corrected chi connectivity index (χ3v) is 4.50. The Bertz CT molecular complexity index is 986. The molecule has 0 fully saturated rings. The summed E-state index contributed by atoms with van der Waals surface area (Å²) < 4.78 is 5.67. The van der Waals surface area contributed by atoms with Gasteiger partial charge in [-0.2, -0.15) is 4.99 Å². The molecule has 0 aromatic heterocycles. The van der Waals surface area contributed by atoms with E-state index < -0.39 is 12.0 Å². The number of imide groups is 1. The molecule has 0 saturated carbocycles. The Morgan fingerprint density at radius 1 is 1.18 bits per heavy atom.